The molecule has 2 heteroatoms. The second kappa shape index (κ2) is 5.05. The van der Waals surface area contributed by atoms with E-state index in [1.165, 1.54) is 57.9 Å². The van der Waals surface area contributed by atoms with Gasteiger partial charge < -0.3 is 10.6 Å². The first-order chi connectivity index (χ1) is 7.65. The Morgan fingerprint density at radius 1 is 1.25 bits per heavy atom. The molecule has 2 nitrogen and oxygen atoms in total. The molecule has 0 amide bonds. The van der Waals surface area contributed by atoms with Crippen LogP contribution in [0, 0.1) is 5.41 Å². The molecule has 0 aromatic carbocycles. The summed E-state index contributed by atoms with van der Waals surface area (Å²) < 4.78 is 0. The van der Waals surface area contributed by atoms with Crippen LogP contribution in [-0.4, -0.2) is 30.6 Å². The average Bonchev–Trinajstić information content (AvgIpc) is 2.25. The van der Waals surface area contributed by atoms with E-state index in [1.807, 2.05) is 0 Å². The number of hydrogen-bond acceptors (Lipinski definition) is 2. The number of unbranched alkanes of at least 4 members (excludes halogenated alkanes) is 1. The third kappa shape index (κ3) is 2.60. The Morgan fingerprint density at radius 2 is 1.88 bits per heavy atom. The third-order valence-electron chi connectivity index (χ3n) is 4.89. The minimum atomic E-state index is 0.523. The zero-order chi connectivity index (χ0) is 11.6. The van der Waals surface area contributed by atoms with E-state index >= 15 is 0 Å². The van der Waals surface area contributed by atoms with Gasteiger partial charge in [-0.15, -0.1) is 0 Å². The number of nitrogens with two attached hydrogens (primary N) is 1. The Labute approximate surface area is 101 Å². The Bertz CT molecular complexity index is 211. The molecule has 2 aliphatic carbocycles. The molecule has 0 saturated heterocycles. The van der Waals surface area contributed by atoms with Crippen LogP contribution in [0.4, 0.5) is 0 Å². The van der Waals surface area contributed by atoms with Crippen molar-refractivity contribution in [2.45, 2.75) is 70.4 Å². The molecule has 2 saturated carbocycles. The van der Waals surface area contributed by atoms with Gasteiger partial charge in [0.2, 0.25) is 0 Å². The Morgan fingerprint density at radius 3 is 2.38 bits per heavy atom. The van der Waals surface area contributed by atoms with Crippen molar-refractivity contribution in [2.75, 3.05) is 13.6 Å². The lowest BCUT2D eigenvalue weighted by atomic mass is 9.58. The molecule has 2 aliphatic rings. The van der Waals surface area contributed by atoms with Gasteiger partial charge in [0.05, 0.1) is 0 Å². The van der Waals surface area contributed by atoms with Crippen LogP contribution in [0.25, 0.3) is 0 Å². The van der Waals surface area contributed by atoms with E-state index < -0.39 is 0 Å². The van der Waals surface area contributed by atoms with Crippen molar-refractivity contribution in [1.82, 2.24) is 4.90 Å². The summed E-state index contributed by atoms with van der Waals surface area (Å²) in [5.74, 6) is 0. The molecule has 94 valence electrons. The fraction of sp³-hybridized carbons (Fsp3) is 1.00. The molecule has 0 heterocycles. The van der Waals surface area contributed by atoms with E-state index in [9.17, 15) is 0 Å². The highest BCUT2D eigenvalue weighted by Gasteiger charge is 2.44. The lowest BCUT2D eigenvalue weighted by Gasteiger charge is -2.51. The molecule has 0 radical (unpaired) electrons. The molecule has 16 heavy (non-hydrogen) atoms. The zero-order valence-electron chi connectivity index (χ0n) is 11.0. The summed E-state index contributed by atoms with van der Waals surface area (Å²) >= 11 is 0. The molecule has 0 bridgehead atoms. The second-order valence-electron chi connectivity index (χ2n) is 6.23. The van der Waals surface area contributed by atoms with Crippen molar-refractivity contribution in [3.63, 3.8) is 0 Å². The summed E-state index contributed by atoms with van der Waals surface area (Å²) in [7, 11) is 2.31. The number of hydrogen-bond donors (Lipinski definition) is 1. The molecule has 0 aromatic rings. The van der Waals surface area contributed by atoms with Crippen LogP contribution < -0.4 is 5.73 Å². The zero-order valence-corrected chi connectivity index (χ0v) is 11.0. The van der Waals surface area contributed by atoms with Crippen molar-refractivity contribution < 1.29 is 0 Å². The van der Waals surface area contributed by atoms with Crippen LogP contribution in [0.15, 0.2) is 0 Å². The summed E-state index contributed by atoms with van der Waals surface area (Å²) in [6.45, 7) is 3.56. The highest BCUT2D eigenvalue weighted by Crippen LogP contribution is 2.51. The molecule has 2 N–H and O–H groups in total. The highest BCUT2D eigenvalue weighted by molar-refractivity contribution is 4.99. The normalized spacial score (nSPS) is 39.0. The van der Waals surface area contributed by atoms with Crippen molar-refractivity contribution in [2.24, 2.45) is 11.1 Å². The molecule has 0 unspecified atom stereocenters. The van der Waals surface area contributed by atoms with Crippen LogP contribution in [0.2, 0.25) is 0 Å². The molecule has 0 aromatic heterocycles. The van der Waals surface area contributed by atoms with Gasteiger partial charge in [0.1, 0.15) is 0 Å². The van der Waals surface area contributed by atoms with Gasteiger partial charge in [0, 0.05) is 12.1 Å². The van der Waals surface area contributed by atoms with E-state index in [-0.39, 0.29) is 0 Å². The topological polar surface area (TPSA) is 29.3 Å². The second-order valence-corrected chi connectivity index (χ2v) is 6.23. The predicted molar refractivity (Wildman–Crippen MR) is 69.4 cm³/mol. The molecule has 0 aliphatic heterocycles. The lowest BCUT2D eigenvalue weighted by Crippen LogP contribution is -2.50. The maximum atomic E-state index is 5.93. The van der Waals surface area contributed by atoms with Crippen LogP contribution >= 0.6 is 0 Å². The van der Waals surface area contributed by atoms with E-state index in [0.717, 1.165) is 6.04 Å². The quantitative estimate of drug-likeness (QED) is 0.795. The first-order valence-electron chi connectivity index (χ1n) is 7.11. The lowest BCUT2D eigenvalue weighted by molar-refractivity contribution is 0.0223. The van der Waals surface area contributed by atoms with Gasteiger partial charge in [-0.3, -0.25) is 0 Å². The van der Waals surface area contributed by atoms with E-state index in [4.69, 9.17) is 5.73 Å². The number of rotatable bonds is 4. The third-order valence-corrected chi connectivity index (χ3v) is 4.89. The molecular weight excluding hydrogens is 196 g/mol. The maximum Gasteiger partial charge on any atom is 0.00926 e. The van der Waals surface area contributed by atoms with Gasteiger partial charge in [0.25, 0.3) is 0 Å². The average molecular weight is 224 g/mol. The summed E-state index contributed by atoms with van der Waals surface area (Å²) in [4.78, 5) is 2.59. The van der Waals surface area contributed by atoms with Gasteiger partial charge in [-0.05, 0) is 64.0 Å². The Hall–Kier alpha value is -0.0800. The number of nitrogens with zero attached hydrogens (tertiary/aromatic N) is 1. The van der Waals surface area contributed by atoms with Gasteiger partial charge in [-0.25, -0.2) is 0 Å². The van der Waals surface area contributed by atoms with E-state index in [2.05, 4.69) is 18.9 Å². The fourth-order valence-electron chi connectivity index (χ4n) is 3.71. The fourth-order valence-corrected chi connectivity index (χ4v) is 3.71. The van der Waals surface area contributed by atoms with Crippen molar-refractivity contribution in [3.8, 4) is 0 Å². The first-order valence-corrected chi connectivity index (χ1v) is 7.11. The van der Waals surface area contributed by atoms with Gasteiger partial charge in [-0.1, -0.05) is 13.3 Å². The SMILES string of the molecule is CCCCN(C)C1CCC2(CC1)CC(N)C2. The minimum absolute atomic E-state index is 0.523. The predicted octanol–water partition coefficient (Wildman–Crippen LogP) is 2.77. The van der Waals surface area contributed by atoms with Crippen molar-refractivity contribution in [1.29, 1.82) is 0 Å². The summed E-state index contributed by atoms with van der Waals surface area (Å²) in [5, 5.41) is 0. The highest BCUT2D eigenvalue weighted by atomic mass is 15.1. The van der Waals surface area contributed by atoms with Gasteiger partial charge in [0.15, 0.2) is 0 Å². The van der Waals surface area contributed by atoms with Crippen molar-refractivity contribution in [3.05, 3.63) is 0 Å². The first kappa shape index (κ1) is 12.4. The largest absolute Gasteiger partial charge is 0.328 e. The molecule has 2 rings (SSSR count). The monoisotopic (exact) mass is 224 g/mol. The van der Waals surface area contributed by atoms with Gasteiger partial charge in [-0.2, -0.15) is 0 Å². The van der Waals surface area contributed by atoms with Crippen LogP contribution in [0.5, 0.6) is 0 Å². The van der Waals surface area contributed by atoms with Crippen LogP contribution in [-0.2, 0) is 0 Å². The summed E-state index contributed by atoms with van der Waals surface area (Å²) in [5.41, 5.74) is 6.62. The van der Waals surface area contributed by atoms with Crippen LogP contribution in [0.3, 0.4) is 0 Å². The maximum absolute atomic E-state index is 5.93. The van der Waals surface area contributed by atoms with E-state index in [1.54, 1.807) is 0 Å². The van der Waals surface area contributed by atoms with E-state index in [0.29, 0.717) is 11.5 Å². The Balaban J connectivity index is 1.72. The minimum Gasteiger partial charge on any atom is -0.328 e. The molecular formula is C14H28N2. The molecule has 2 fully saturated rings. The summed E-state index contributed by atoms with van der Waals surface area (Å²) in [6, 6.07) is 1.38. The summed E-state index contributed by atoms with van der Waals surface area (Å²) in [6.07, 6.45) is 11.0. The molecule has 0 atom stereocenters. The Kier molecular flexibility index (Phi) is 3.91. The smallest absolute Gasteiger partial charge is 0.00926 e. The standard InChI is InChI=1S/C14H28N2/c1-3-4-9-16(2)13-5-7-14(8-6-13)10-12(15)11-14/h12-13H,3-11,15H2,1-2H3. The van der Waals surface area contributed by atoms with Crippen molar-refractivity contribution >= 4 is 0 Å². The van der Waals surface area contributed by atoms with Crippen LogP contribution in [0.1, 0.15) is 58.3 Å². The van der Waals surface area contributed by atoms with Gasteiger partial charge >= 0.3 is 0 Å². The molecule has 1 spiro atoms.